The normalized spacial score (nSPS) is 20.0. The lowest BCUT2D eigenvalue weighted by Crippen LogP contribution is -2.22. The quantitative estimate of drug-likeness (QED) is 0.0700. The van der Waals surface area contributed by atoms with Crippen molar-refractivity contribution in [2.75, 3.05) is 65.4 Å². The van der Waals surface area contributed by atoms with Crippen molar-refractivity contribution in [2.45, 2.75) is 75.3 Å². The van der Waals surface area contributed by atoms with Gasteiger partial charge < -0.3 is 29.9 Å². The molecule has 0 bridgehead atoms. The molecule has 16 rings (SSSR count). The fraction of sp³-hybridized carbons (Fsp3) is 0.297. The first-order valence-electron chi connectivity index (χ1n) is 31.5. The van der Waals surface area contributed by atoms with Gasteiger partial charge in [-0.05, 0) is 167 Å². The van der Waals surface area contributed by atoms with Crippen molar-refractivity contribution >= 4 is 33.0 Å². The van der Waals surface area contributed by atoms with Crippen LogP contribution in [0.3, 0.4) is 0 Å². The third-order valence-electron chi connectivity index (χ3n) is 19.0. The first-order valence-corrected chi connectivity index (χ1v) is 31.5. The van der Waals surface area contributed by atoms with Crippen LogP contribution < -0.4 is 22.2 Å². The topological polar surface area (TPSA) is 176 Å². The maximum Gasteiger partial charge on any atom is 0.247 e. The van der Waals surface area contributed by atoms with E-state index in [9.17, 15) is 19.2 Å². The maximum absolute atomic E-state index is 11.2. The van der Waals surface area contributed by atoms with Crippen LogP contribution in [-0.4, -0.2) is 115 Å². The molecule has 4 atom stereocenters. The van der Waals surface area contributed by atoms with Gasteiger partial charge in [-0.3, -0.25) is 38.8 Å². The van der Waals surface area contributed by atoms with E-state index in [0.29, 0.717) is 23.7 Å². The Morgan fingerprint density at radius 1 is 0.330 bits per heavy atom. The first-order chi connectivity index (χ1) is 43.2. The molecule has 10 aromatic rings. The number of H-pyrrole nitrogens is 6. The third kappa shape index (κ3) is 13.9. The van der Waals surface area contributed by atoms with Crippen molar-refractivity contribution in [3.63, 3.8) is 0 Å². The molecular formula is C74H78N10O4. The molecule has 448 valence electrons. The van der Waals surface area contributed by atoms with E-state index < -0.39 is 0 Å². The van der Waals surface area contributed by atoms with Crippen molar-refractivity contribution in [2.24, 2.45) is 0 Å². The lowest BCUT2D eigenvalue weighted by Gasteiger charge is -2.17. The fourth-order valence-electron chi connectivity index (χ4n) is 14.2. The molecule has 4 fully saturated rings. The predicted octanol–water partition coefficient (Wildman–Crippen LogP) is 11.3. The Kier molecular flexibility index (Phi) is 17.8. The van der Waals surface area contributed by atoms with Crippen LogP contribution in [-0.2, 0) is 25.9 Å². The highest BCUT2D eigenvalue weighted by Crippen LogP contribution is 2.35. The van der Waals surface area contributed by atoms with E-state index in [-0.39, 0.29) is 22.2 Å². The molecular weight excluding hydrogens is 1090 g/mol. The van der Waals surface area contributed by atoms with E-state index in [1.165, 1.54) is 101 Å². The Balaban J connectivity index is 0.000000108. The van der Waals surface area contributed by atoms with Crippen molar-refractivity contribution in [1.29, 1.82) is 0 Å². The van der Waals surface area contributed by atoms with E-state index >= 15 is 0 Å². The van der Waals surface area contributed by atoms with Crippen LogP contribution >= 0.6 is 0 Å². The highest BCUT2D eigenvalue weighted by molar-refractivity contribution is 5.84. The summed E-state index contributed by atoms with van der Waals surface area (Å²) < 4.78 is 0. The monoisotopic (exact) mass is 1170 g/mol. The molecule has 0 spiro atoms. The van der Waals surface area contributed by atoms with Crippen molar-refractivity contribution in [3.8, 4) is 0 Å². The van der Waals surface area contributed by atoms with Crippen molar-refractivity contribution in [1.82, 2.24) is 49.5 Å². The van der Waals surface area contributed by atoms with Gasteiger partial charge in [0.1, 0.15) is 0 Å². The van der Waals surface area contributed by atoms with E-state index in [2.05, 4.69) is 171 Å². The summed E-state index contributed by atoms with van der Waals surface area (Å²) in [4.78, 5) is 72.6. The second-order valence-corrected chi connectivity index (χ2v) is 24.7. The smallest absolute Gasteiger partial charge is 0.247 e. The standard InChI is InChI=1S/2C19H20N2O.2C18H19N3O/c2*22-19-8-7-15(11-20-19)16-9-10-21(12-16)13-17-6-5-14-3-1-2-4-18(14)17;2*22-18-6-5-13(9-20-18)14-7-8-21(11-14)12-15-10-19-17-4-2-1-3-16(15)17/h2*1-4,6-8,11,16H,5,9-10,12-13H2,(H,20,22);2*1-6,9-10,14,19H,7-8,11-12H2,(H,20,22). The highest BCUT2D eigenvalue weighted by atomic mass is 16.1. The zero-order valence-corrected chi connectivity index (χ0v) is 49.9. The third-order valence-corrected chi connectivity index (χ3v) is 19.0. The van der Waals surface area contributed by atoms with Crippen LogP contribution in [0.2, 0.25) is 0 Å². The zero-order chi connectivity index (χ0) is 59.8. The second kappa shape index (κ2) is 27.0. The van der Waals surface area contributed by atoms with Crippen LogP contribution in [0.5, 0.6) is 0 Å². The average Bonchev–Trinajstić information content (AvgIpc) is 4.51. The van der Waals surface area contributed by atoms with Gasteiger partial charge in [-0.15, -0.1) is 0 Å². The van der Waals surface area contributed by atoms with Gasteiger partial charge in [0, 0.05) is 136 Å². The summed E-state index contributed by atoms with van der Waals surface area (Å²) in [6, 6.07) is 48.7. The number of para-hydroxylation sites is 2. The van der Waals surface area contributed by atoms with Gasteiger partial charge in [0.2, 0.25) is 22.2 Å². The van der Waals surface area contributed by atoms with E-state index in [0.717, 1.165) is 104 Å². The minimum Gasteiger partial charge on any atom is -0.361 e. The number of allylic oxidation sites excluding steroid dienone is 2. The van der Waals surface area contributed by atoms with E-state index in [1.807, 2.05) is 49.1 Å². The number of hydrogen-bond donors (Lipinski definition) is 6. The van der Waals surface area contributed by atoms with Crippen LogP contribution in [0.1, 0.15) is 105 Å². The summed E-state index contributed by atoms with van der Waals surface area (Å²) in [5.74, 6) is 2.10. The highest BCUT2D eigenvalue weighted by Gasteiger charge is 2.29. The summed E-state index contributed by atoms with van der Waals surface area (Å²) in [7, 11) is 0. The van der Waals surface area contributed by atoms with Gasteiger partial charge in [-0.25, -0.2) is 0 Å². The molecule has 4 aliphatic heterocycles. The molecule has 2 aliphatic carbocycles. The number of aromatic amines is 6. The van der Waals surface area contributed by atoms with Gasteiger partial charge in [-0.1, -0.05) is 121 Å². The van der Waals surface area contributed by atoms with Crippen LogP contribution in [0.25, 0.3) is 33.0 Å². The lowest BCUT2D eigenvalue weighted by molar-refractivity contribution is 0.328. The van der Waals surface area contributed by atoms with Gasteiger partial charge in [0.15, 0.2) is 0 Å². The number of hydrogen-bond acceptors (Lipinski definition) is 8. The molecule has 4 unspecified atom stereocenters. The number of fused-ring (bicyclic) bond motifs is 4. The second-order valence-electron chi connectivity index (χ2n) is 24.7. The molecule has 0 saturated carbocycles. The lowest BCUT2D eigenvalue weighted by atomic mass is 10.0. The average molecular weight is 1170 g/mol. The summed E-state index contributed by atoms with van der Waals surface area (Å²) >= 11 is 0. The van der Waals surface area contributed by atoms with Crippen molar-refractivity contribution in [3.05, 3.63) is 292 Å². The molecule has 6 aromatic heterocycles. The summed E-state index contributed by atoms with van der Waals surface area (Å²) in [5, 5.41) is 2.63. The number of aromatic nitrogens is 6. The Hall–Kier alpha value is -8.92. The minimum atomic E-state index is -0.0302. The Bertz CT molecular complexity index is 3990. The fourth-order valence-corrected chi connectivity index (χ4v) is 14.2. The summed E-state index contributed by atoms with van der Waals surface area (Å²) in [6.07, 6.45) is 23.2. The molecule has 0 radical (unpaired) electrons. The van der Waals surface area contributed by atoms with E-state index in [1.54, 1.807) is 24.3 Å². The largest absolute Gasteiger partial charge is 0.361 e. The van der Waals surface area contributed by atoms with Gasteiger partial charge in [0.05, 0.1) is 0 Å². The molecule has 4 aromatic carbocycles. The number of pyridine rings is 4. The molecule has 14 nitrogen and oxygen atoms in total. The molecule has 4 saturated heterocycles. The number of nitrogens with zero attached hydrogens (tertiary/aromatic N) is 4. The Morgan fingerprint density at radius 2 is 0.648 bits per heavy atom. The van der Waals surface area contributed by atoms with Gasteiger partial charge in [-0.2, -0.15) is 0 Å². The number of benzene rings is 4. The Morgan fingerprint density at radius 3 is 0.989 bits per heavy atom. The van der Waals surface area contributed by atoms with Crippen LogP contribution in [0.4, 0.5) is 0 Å². The van der Waals surface area contributed by atoms with Gasteiger partial charge >= 0.3 is 0 Å². The minimum absolute atomic E-state index is 0.0219. The zero-order valence-electron chi connectivity index (χ0n) is 49.9. The molecule has 10 heterocycles. The number of nitrogens with one attached hydrogen (secondary N) is 6. The van der Waals surface area contributed by atoms with Crippen LogP contribution in [0, 0.1) is 0 Å². The molecule has 88 heavy (non-hydrogen) atoms. The van der Waals surface area contributed by atoms with Crippen LogP contribution in [0.15, 0.2) is 214 Å². The number of rotatable bonds is 12. The van der Waals surface area contributed by atoms with Crippen molar-refractivity contribution < 1.29 is 0 Å². The number of likely N-dealkylation sites (tertiary alicyclic amines) is 4. The SMILES string of the molecule is O=c1ccc(C2CCN(CC3=CCc4ccccc43)C2)c[nH]1.O=c1ccc(C2CCN(CC3=CCc4ccccc43)C2)c[nH]1.O=c1ccc(C2CCN(Cc3c[nH]c4ccccc34)C2)c[nH]1.O=c1ccc(C2CCN(Cc3c[nH]c4ccccc34)C2)c[nH]1. The molecule has 6 N–H and O–H groups in total. The predicted molar refractivity (Wildman–Crippen MR) is 354 cm³/mol. The molecule has 14 heteroatoms. The van der Waals surface area contributed by atoms with E-state index in [4.69, 9.17) is 0 Å². The summed E-state index contributed by atoms with van der Waals surface area (Å²) in [6.45, 7) is 12.7. The van der Waals surface area contributed by atoms with Gasteiger partial charge in [0.25, 0.3) is 0 Å². The maximum atomic E-state index is 11.2. The Labute approximate surface area is 512 Å². The molecule has 0 amide bonds. The molecule has 6 aliphatic rings. The first kappa shape index (κ1) is 58.1. The summed E-state index contributed by atoms with van der Waals surface area (Å²) in [5.41, 5.74) is 18.7.